The molecule has 0 aromatic heterocycles. The van der Waals surface area contributed by atoms with Gasteiger partial charge in [0.1, 0.15) is 70.8 Å². The number of carbonyl (C=O) groups is 4. The van der Waals surface area contributed by atoms with Crippen molar-refractivity contribution in [3.8, 4) is 120 Å². The summed E-state index contributed by atoms with van der Waals surface area (Å²) in [5.41, 5.74) is 22.3. The molecule has 0 bridgehead atoms. The van der Waals surface area contributed by atoms with Crippen molar-refractivity contribution in [2.24, 2.45) is 0 Å². The number of hydrogen-bond acceptors (Lipinski definition) is 13. The van der Waals surface area contributed by atoms with Gasteiger partial charge >= 0.3 is 0 Å². The third-order valence-corrected chi connectivity index (χ3v) is 28.1. The van der Waals surface area contributed by atoms with Crippen LogP contribution in [0.3, 0.4) is 0 Å². The highest BCUT2D eigenvalue weighted by Gasteiger charge is 2.47. The molecule has 11 nitrogen and oxygen atoms in total. The Balaban J connectivity index is 0.000000268. The second-order valence-electron chi connectivity index (χ2n) is 45.4. The highest BCUT2D eigenvalue weighted by molar-refractivity contribution is 14.1. The molecule has 0 spiro atoms. The summed E-state index contributed by atoms with van der Waals surface area (Å²) in [5.74, 6) is 32.8. The molecule has 0 unspecified atom stereocenters. The molecule has 1 N–H and O–H groups in total. The van der Waals surface area contributed by atoms with Crippen molar-refractivity contribution < 1.29 is 55.4 Å². The fourth-order valence-electron chi connectivity index (χ4n) is 21.2. The Labute approximate surface area is 939 Å². The van der Waals surface area contributed by atoms with Gasteiger partial charge in [0, 0.05) is 102 Å². The van der Waals surface area contributed by atoms with Crippen LogP contribution in [0.15, 0.2) is 174 Å². The van der Waals surface area contributed by atoms with E-state index in [1.54, 1.807) is 31.6 Å². The van der Waals surface area contributed by atoms with E-state index >= 15 is 0 Å². The quantitative estimate of drug-likeness (QED) is 0.0396. The fraction of sp³-hybridized carbons (Fsp3) is 0.414. The van der Waals surface area contributed by atoms with E-state index in [-0.39, 0.29) is 72.7 Å². The zero-order chi connectivity index (χ0) is 114. The third kappa shape index (κ3) is 35.0. The van der Waals surface area contributed by atoms with Gasteiger partial charge in [-0.05, 0) is 365 Å². The minimum atomic E-state index is -0.289. The summed E-state index contributed by atoms with van der Waals surface area (Å²) in [6, 6.07) is 57.5. The molecule has 10 aromatic carbocycles. The zero-order valence-electron chi connectivity index (χ0n) is 95.8. The lowest BCUT2D eigenvalue weighted by Gasteiger charge is -2.43. The van der Waals surface area contributed by atoms with Gasteiger partial charge < -0.3 is 33.5 Å². The minimum Gasteiger partial charge on any atom is -0.487 e. The van der Waals surface area contributed by atoms with Crippen LogP contribution in [0.1, 0.15) is 395 Å². The van der Waals surface area contributed by atoms with Gasteiger partial charge in [-0.25, -0.2) is 0 Å². The average molecular weight is 2290 g/mol. The van der Waals surface area contributed by atoms with Gasteiger partial charge in [-0.2, -0.15) is 25.3 Å². The molecular weight excluding hydrogens is 2120 g/mol. The van der Waals surface area contributed by atoms with Gasteiger partial charge in [0.05, 0.1) is 28.9 Å². The Morgan fingerprint density at radius 3 is 0.805 bits per heavy atom. The number of halogens is 3. The molecule has 16 heteroatoms. The first-order valence-corrected chi connectivity index (χ1v) is 55.5. The largest absolute Gasteiger partial charge is 0.487 e. The van der Waals surface area contributed by atoms with Crippen LogP contribution >= 0.6 is 79.7 Å². The molecule has 0 atom stereocenters. The monoisotopic (exact) mass is 2280 g/mol. The molecule has 10 aromatic rings. The van der Waals surface area contributed by atoms with E-state index in [0.717, 1.165) is 200 Å². The van der Waals surface area contributed by atoms with Gasteiger partial charge in [-0.1, -0.05) is 239 Å². The number of thiol groups is 2. The molecule has 0 saturated heterocycles. The standard InChI is InChI=1S/C24H27BrO.C24H28O2.C24H26O2.C17H20O2.C16H18O2.C14H17BrO2.C8H9I.2C2H2.2CH4S/c3*1-6-17-7-9-18(10-8-17)11-12-19-13-20(15-25)22-21(14-19)23(2,3)16-24(4,5)26-22;1-6-7-12-8-13(10-18)15-14(9-12)16(2,3)11-17(4,5)19-15;1-6-11-7-12(9-17)14-13(8-11)15(2,3)10-16(4,5)18-14;1-13(2)8-14(3,4)17-12-9(7-16)5-10(15)6-11(12)13;1-2-7-3-5-8(9)6-4-7;4*1-2/h7-10,13-14H,6,15-16H2,1-5H3;7-10,13-14,25H,6,15-16H2,1-5H3;7-10,13-15H,6,16H2,1-5H3;8-10H,11H2,1-5H3;1,7-9H,10H2,2-5H3;5-7H,8H2,1-4H3;3-6H,2H2,1H3;2*1-2H;2*2H,1H3/i;;;;;;;2*1T;;. The van der Waals surface area contributed by atoms with Crippen molar-refractivity contribution in [2.45, 2.75) is 343 Å². The van der Waals surface area contributed by atoms with Crippen LogP contribution in [0.25, 0.3) is 0 Å². The van der Waals surface area contributed by atoms with Crippen molar-refractivity contribution >= 4 is 105 Å². The Hall–Kier alpha value is -11.1. The van der Waals surface area contributed by atoms with Crippen LogP contribution in [-0.4, -0.2) is 76.4 Å². The minimum absolute atomic E-state index is 0.0125. The second-order valence-corrected chi connectivity index (χ2v) is 48.1. The molecule has 0 aliphatic carbocycles. The van der Waals surface area contributed by atoms with E-state index in [2.05, 4.69) is 441 Å². The van der Waals surface area contributed by atoms with Gasteiger partial charge in [-0.15, -0.1) is 38.0 Å². The molecule has 149 heavy (non-hydrogen) atoms. The van der Waals surface area contributed by atoms with Crippen LogP contribution < -0.4 is 28.4 Å². The Morgan fingerprint density at radius 1 is 0.336 bits per heavy atom. The van der Waals surface area contributed by atoms with E-state index in [9.17, 15) is 24.3 Å². The van der Waals surface area contributed by atoms with E-state index in [1.807, 2.05) is 56.3 Å². The summed E-state index contributed by atoms with van der Waals surface area (Å²) >= 11 is 16.4. The fourth-order valence-corrected chi connectivity index (χ4v) is 22.5. The maximum Gasteiger partial charge on any atom is 0.153 e. The first-order chi connectivity index (χ1) is 70.7. The highest BCUT2D eigenvalue weighted by atomic mass is 127. The molecule has 0 amide bonds. The number of rotatable bonds is 10. The van der Waals surface area contributed by atoms with Gasteiger partial charge in [-0.3, -0.25) is 19.2 Å². The number of alkyl halides is 1. The van der Waals surface area contributed by atoms with E-state index < -0.39 is 0 Å². The summed E-state index contributed by atoms with van der Waals surface area (Å²) in [5, 5.41) is 10.6. The third-order valence-electron chi connectivity index (χ3n) is 26.3. The summed E-state index contributed by atoms with van der Waals surface area (Å²) in [6.07, 6.45) is 33.5. The number of ether oxygens (including phenoxy) is 6. The number of aliphatic hydroxyl groups excluding tert-OH is 1. The summed E-state index contributed by atoms with van der Waals surface area (Å²) in [4.78, 5) is 45.4. The molecule has 0 radical (unpaired) electrons. The Kier molecular flexibility index (Phi) is 44.9. The topological polar surface area (TPSA) is 144 Å². The number of benzene rings is 10. The molecule has 6 aliphatic rings. The van der Waals surface area contributed by atoms with Gasteiger partial charge in [0.2, 0.25) is 0 Å². The molecule has 788 valence electrons. The second kappa shape index (κ2) is 54.3. The van der Waals surface area contributed by atoms with E-state index in [0.29, 0.717) is 33.8 Å². The molecule has 6 heterocycles. The van der Waals surface area contributed by atoms with Crippen molar-refractivity contribution in [1.82, 2.24) is 0 Å². The number of aldehydes is 4. The van der Waals surface area contributed by atoms with E-state index in [1.165, 1.54) is 49.7 Å². The number of aryl methyl sites for hydroxylation is 4. The van der Waals surface area contributed by atoms with Crippen LogP contribution in [0.2, 0.25) is 0 Å². The molecule has 0 fully saturated rings. The zero-order valence-corrected chi connectivity index (χ0v) is 101. The SMILES string of the molecule is C#Cc1cc(C=O)c2c(c1)C(C)(C)CC(C)(C)O2.CC#Cc1cc(C=O)c2c(c1)C(C)(C)CC(C)(C)O2.CC1(C)CC(C)(C)c2cc(Br)cc(C=O)c2O1.CCc1ccc(C#Cc2cc(C=O)c3c(c2)C(C)(C)CC(C)(C)O3)cc1.CCc1ccc(C#Cc2cc(CBr)c3c(c2)C(C)(C)CC(C)(C)O3)cc1.CCc1ccc(C#Cc2cc(CO)c3c(c2)C(C)(C)CC(C)(C)O3)cc1.CCc1ccc(I)cc1.CS.CS.[3H]C#C.[3H]C#C. The number of hydrogen-bond donors (Lipinski definition) is 3. The maximum atomic E-state index is 11.7. The van der Waals surface area contributed by atoms with Crippen LogP contribution in [0.4, 0.5) is 0 Å². The van der Waals surface area contributed by atoms with Crippen molar-refractivity contribution in [3.63, 3.8) is 0 Å². The molecule has 6 aliphatic heterocycles. The van der Waals surface area contributed by atoms with Crippen molar-refractivity contribution in [2.75, 3.05) is 12.5 Å². The average Bonchev–Trinajstić information content (AvgIpc) is 0.739. The number of terminal acetylenes is 3. The molecule has 16 rings (SSSR count). The predicted molar refractivity (Wildman–Crippen MR) is 645 cm³/mol. The first-order valence-electron chi connectivity index (χ1n) is 51.7. The van der Waals surface area contributed by atoms with Crippen LogP contribution in [-0.2, 0) is 70.1 Å². The molecule has 0 saturated carbocycles. The maximum absolute atomic E-state index is 11.7. The van der Waals surface area contributed by atoms with Crippen molar-refractivity contribution in [3.05, 3.63) is 311 Å². The van der Waals surface area contributed by atoms with Gasteiger partial charge in [0.15, 0.2) is 25.1 Å². The van der Waals surface area contributed by atoms with Crippen molar-refractivity contribution in [1.29, 1.82) is 0 Å². The lowest BCUT2D eigenvalue weighted by atomic mass is 9.72. The normalized spacial score (nSPS) is 16.6. The lowest BCUT2D eigenvalue weighted by Crippen LogP contribution is -2.41. The first kappa shape index (κ1) is 123. The molecular formula is C133H157Br2IO11S2. The van der Waals surface area contributed by atoms with E-state index in [4.69, 9.17) is 37.6 Å². The smallest absolute Gasteiger partial charge is 0.153 e. The summed E-state index contributed by atoms with van der Waals surface area (Å²) in [7, 11) is 0. The summed E-state index contributed by atoms with van der Waals surface area (Å²) < 4.78 is 50.4. The number of aliphatic hydroxyl groups is 1. The number of carbonyl (C=O) groups excluding carboxylic acids is 4. The predicted octanol–water partition coefficient (Wildman–Crippen LogP) is 32.2. The van der Waals surface area contributed by atoms with Crippen LogP contribution in [0, 0.1) is 88.9 Å². The Morgan fingerprint density at radius 2 is 0.550 bits per heavy atom. The van der Waals surface area contributed by atoms with Gasteiger partial charge in [0.25, 0.3) is 0 Å². The lowest BCUT2D eigenvalue weighted by molar-refractivity contribution is 0.0501. The highest BCUT2D eigenvalue weighted by Crippen LogP contribution is 2.54. The summed E-state index contributed by atoms with van der Waals surface area (Å²) in [6.45, 7) is 61.9. The number of fused-ring (bicyclic) bond motifs is 6. The van der Waals surface area contributed by atoms with Crippen LogP contribution in [0.5, 0.6) is 34.5 Å². The Bertz CT molecular complexity index is 6660.